The average Bonchev–Trinajstić information content (AvgIpc) is 2.46. The number of pyridine rings is 1. The molecule has 1 aliphatic rings. The summed E-state index contributed by atoms with van der Waals surface area (Å²) in [7, 11) is 1.74. The van der Waals surface area contributed by atoms with Gasteiger partial charge in [0.1, 0.15) is 17.6 Å². The van der Waals surface area contributed by atoms with Gasteiger partial charge in [-0.15, -0.1) is 0 Å². The predicted molar refractivity (Wildman–Crippen MR) is 69.2 cm³/mol. The van der Waals surface area contributed by atoms with Gasteiger partial charge in [-0.25, -0.2) is 4.98 Å². The van der Waals surface area contributed by atoms with Gasteiger partial charge in [-0.05, 0) is 25.0 Å². The number of hydrogen-bond donors (Lipinski definition) is 1. The number of piperidine rings is 1. The molecule has 0 saturated carbocycles. The average molecular weight is 246 g/mol. The van der Waals surface area contributed by atoms with E-state index in [-0.39, 0.29) is 12.1 Å². The summed E-state index contributed by atoms with van der Waals surface area (Å²) in [6, 6.07) is 7.79. The molecule has 2 heterocycles. The van der Waals surface area contributed by atoms with Crippen LogP contribution >= 0.6 is 0 Å². The second kappa shape index (κ2) is 5.80. The zero-order valence-electron chi connectivity index (χ0n) is 10.5. The van der Waals surface area contributed by atoms with E-state index in [2.05, 4.69) is 16.0 Å². The van der Waals surface area contributed by atoms with E-state index in [4.69, 9.17) is 15.7 Å². The summed E-state index contributed by atoms with van der Waals surface area (Å²) in [5.74, 6) is 0.832. The molecule has 2 unspecified atom stereocenters. The van der Waals surface area contributed by atoms with E-state index < -0.39 is 0 Å². The van der Waals surface area contributed by atoms with E-state index in [1.54, 1.807) is 13.2 Å². The van der Waals surface area contributed by atoms with Crippen LogP contribution in [0, 0.1) is 11.3 Å². The second-order valence-electron chi connectivity index (χ2n) is 4.46. The lowest BCUT2D eigenvalue weighted by atomic mass is 9.99. The van der Waals surface area contributed by atoms with Crippen molar-refractivity contribution < 1.29 is 4.74 Å². The first kappa shape index (κ1) is 12.8. The Kier molecular flexibility index (Phi) is 4.13. The molecule has 0 spiro atoms. The van der Waals surface area contributed by atoms with Crippen LogP contribution in [0.4, 0.5) is 5.82 Å². The molecule has 1 saturated heterocycles. The first-order valence-corrected chi connectivity index (χ1v) is 6.15. The quantitative estimate of drug-likeness (QED) is 0.857. The fourth-order valence-electron chi connectivity index (χ4n) is 2.40. The molecular weight excluding hydrogens is 228 g/mol. The summed E-state index contributed by atoms with van der Waals surface area (Å²) in [6.45, 7) is 1.43. The van der Waals surface area contributed by atoms with Crippen molar-refractivity contribution in [2.24, 2.45) is 5.73 Å². The molecule has 5 heteroatoms. The van der Waals surface area contributed by atoms with Gasteiger partial charge in [0.05, 0.1) is 6.10 Å². The SMILES string of the molecule is COC1CCN(c2cccc(C#N)n2)C(CN)C1. The topological polar surface area (TPSA) is 75.2 Å². The van der Waals surface area contributed by atoms with Gasteiger partial charge < -0.3 is 15.4 Å². The van der Waals surface area contributed by atoms with Crippen LogP contribution < -0.4 is 10.6 Å². The summed E-state index contributed by atoms with van der Waals surface area (Å²) in [5, 5.41) is 8.89. The molecule has 0 bridgehead atoms. The fourth-order valence-corrected chi connectivity index (χ4v) is 2.40. The van der Waals surface area contributed by atoms with Crippen molar-refractivity contribution in [2.75, 3.05) is 25.1 Å². The molecule has 96 valence electrons. The second-order valence-corrected chi connectivity index (χ2v) is 4.46. The molecule has 2 rings (SSSR count). The van der Waals surface area contributed by atoms with E-state index in [1.807, 2.05) is 12.1 Å². The fraction of sp³-hybridized carbons (Fsp3) is 0.538. The van der Waals surface area contributed by atoms with Crippen LogP contribution in [0.1, 0.15) is 18.5 Å². The molecule has 1 aliphatic heterocycles. The maximum Gasteiger partial charge on any atom is 0.142 e. The Balaban J connectivity index is 2.18. The largest absolute Gasteiger partial charge is 0.381 e. The van der Waals surface area contributed by atoms with Crippen LogP contribution in [0.2, 0.25) is 0 Å². The summed E-state index contributed by atoms with van der Waals surface area (Å²) < 4.78 is 5.40. The van der Waals surface area contributed by atoms with Crippen molar-refractivity contribution in [3.8, 4) is 6.07 Å². The minimum atomic E-state index is 0.227. The number of anilines is 1. The Morgan fingerprint density at radius 2 is 2.44 bits per heavy atom. The molecule has 5 nitrogen and oxygen atoms in total. The third-order valence-corrected chi connectivity index (χ3v) is 3.42. The number of rotatable bonds is 3. The molecule has 1 aromatic rings. The van der Waals surface area contributed by atoms with Gasteiger partial charge >= 0.3 is 0 Å². The monoisotopic (exact) mass is 246 g/mol. The van der Waals surface area contributed by atoms with Crippen molar-refractivity contribution in [2.45, 2.75) is 25.0 Å². The van der Waals surface area contributed by atoms with E-state index in [0.29, 0.717) is 12.2 Å². The minimum absolute atomic E-state index is 0.227. The van der Waals surface area contributed by atoms with E-state index >= 15 is 0 Å². The number of aromatic nitrogens is 1. The molecule has 0 aromatic carbocycles. The van der Waals surface area contributed by atoms with Crippen molar-refractivity contribution in [1.29, 1.82) is 5.26 Å². The van der Waals surface area contributed by atoms with Crippen molar-refractivity contribution in [3.63, 3.8) is 0 Å². The molecule has 0 radical (unpaired) electrons. The highest BCUT2D eigenvalue weighted by Gasteiger charge is 2.28. The molecule has 18 heavy (non-hydrogen) atoms. The van der Waals surface area contributed by atoms with E-state index in [0.717, 1.165) is 25.2 Å². The molecule has 2 atom stereocenters. The normalized spacial score (nSPS) is 23.7. The highest BCUT2D eigenvalue weighted by molar-refractivity contribution is 5.43. The molecule has 1 aromatic heterocycles. The first-order chi connectivity index (χ1) is 8.78. The number of hydrogen-bond acceptors (Lipinski definition) is 5. The first-order valence-electron chi connectivity index (χ1n) is 6.15. The lowest BCUT2D eigenvalue weighted by Crippen LogP contribution is -2.49. The van der Waals surface area contributed by atoms with Crippen LogP contribution in [0.5, 0.6) is 0 Å². The Morgan fingerprint density at radius 1 is 1.61 bits per heavy atom. The maximum atomic E-state index is 8.89. The highest BCUT2D eigenvalue weighted by Crippen LogP contribution is 2.24. The van der Waals surface area contributed by atoms with Gasteiger partial charge in [0, 0.05) is 26.2 Å². The number of nitrogens with two attached hydrogens (primary N) is 1. The Labute approximate surface area is 107 Å². The standard InChI is InChI=1S/C13H18N4O/c1-18-12-5-6-17(11(7-12)9-15)13-4-2-3-10(8-14)16-13/h2-4,11-12H,5-7,9,15H2,1H3. The Bertz CT molecular complexity index is 443. The third-order valence-electron chi connectivity index (χ3n) is 3.42. The number of nitriles is 1. The molecule has 0 aliphatic carbocycles. The number of nitrogens with zero attached hydrogens (tertiary/aromatic N) is 3. The molecule has 0 amide bonds. The Hall–Kier alpha value is -1.64. The minimum Gasteiger partial charge on any atom is -0.381 e. The summed E-state index contributed by atoms with van der Waals surface area (Å²) in [4.78, 5) is 6.51. The zero-order valence-corrected chi connectivity index (χ0v) is 10.5. The summed E-state index contributed by atoms with van der Waals surface area (Å²) in [6.07, 6.45) is 2.14. The van der Waals surface area contributed by atoms with Crippen molar-refractivity contribution in [1.82, 2.24) is 4.98 Å². The Morgan fingerprint density at radius 3 is 3.11 bits per heavy atom. The van der Waals surface area contributed by atoms with Crippen molar-refractivity contribution >= 4 is 5.82 Å². The number of ether oxygens (including phenoxy) is 1. The molecule has 2 N–H and O–H groups in total. The van der Waals surface area contributed by atoms with Gasteiger partial charge in [-0.2, -0.15) is 5.26 Å². The van der Waals surface area contributed by atoms with Crippen LogP contribution in [-0.4, -0.2) is 37.3 Å². The third kappa shape index (κ3) is 2.61. The van der Waals surface area contributed by atoms with Crippen LogP contribution in [0.25, 0.3) is 0 Å². The highest BCUT2D eigenvalue weighted by atomic mass is 16.5. The van der Waals surface area contributed by atoms with Crippen LogP contribution in [0.3, 0.4) is 0 Å². The lowest BCUT2D eigenvalue weighted by Gasteiger charge is -2.39. The lowest BCUT2D eigenvalue weighted by molar-refractivity contribution is 0.0708. The van der Waals surface area contributed by atoms with Crippen molar-refractivity contribution in [3.05, 3.63) is 23.9 Å². The predicted octanol–water partition coefficient (Wildman–Crippen LogP) is 0.896. The smallest absolute Gasteiger partial charge is 0.142 e. The zero-order chi connectivity index (χ0) is 13.0. The van der Waals surface area contributed by atoms with Gasteiger partial charge in [-0.1, -0.05) is 6.07 Å². The molecule has 1 fully saturated rings. The summed E-state index contributed by atoms with van der Waals surface area (Å²) in [5.41, 5.74) is 6.27. The van der Waals surface area contributed by atoms with Gasteiger partial charge in [0.2, 0.25) is 0 Å². The maximum absolute atomic E-state index is 8.89. The number of methoxy groups -OCH3 is 1. The molecular formula is C13H18N4O. The van der Waals surface area contributed by atoms with Gasteiger partial charge in [-0.3, -0.25) is 0 Å². The van der Waals surface area contributed by atoms with Crippen LogP contribution in [-0.2, 0) is 4.74 Å². The van der Waals surface area contributed by atoms with Gasteiger partial charge in [0.25, 0.3) is 0 Å². The van der Waals surface area contributed by atoms with Gasteiger partial charge in [0.15, 0.2) is 0 Å². The van der Waals surface area contributed by atoms with Crippen LogP contribution in [0.15, 0.2) is 18.2 Å². The summed E-state index contributed by atoms with van der Waals surface area (Å²) >= 11 is 0. The van der Waals surface area contributed by atoms with E-state index in [1.165, 1.54) is 0 Å². The van der Waals surface area contributed by atoms with E-state index in [9.17, 15) is 0 Å².